The van der Waals surface area contributed by atoms with E-state index in [1.54, 1.807) is 36.4 Å². The molecule has 31 heavy (non-hydrogen) atoms. The number of nitrogens with one attached hydrogen (secondary N) is 1. The minimum atomic E-state index is -0.652. The molecule has 1 heterocycles. The second-order valence-corrected chi connectivity index (χ2v) is 7.16. The van der Waals surface area contributed by atoms with Gasteiger partial charge in [0.15, 0.2) is 11.5 Å². The molecule has 3 aromatic rings. The van der Waals surface area contributed by atoms with E-state index >= 15 is 0 Å². The van der Waals surface area contributed by atoms with Gasteiger partial charge < -0.3 is 9.47 Å². The Bertz CT molecular complexity index is 1150. The Balaban J connectivity index is 1.69. The van der Waals surface area contributed by atoms with E-state index in [9.17, 15) is 9.59 Å². The van der Waals surface area contributed by atoms with Crippen LogP contribution in [0.3, 0.4) is 0 Å². The van der Waals surface area contributed by atoms with Gasteiger partial charge in [0.05, 0.1) is 29.5 Å². The number of nitrogens with zero attached hydrogens (tertiary/aromatic N) is 2. The molecule has 9 heteroatoms. The molecule has 0 aliphatic heterocycles. The van der Waals surface area contributed by atoms with Crippen molar-refractivity contribution in [3.8, 4) is 11.5 Å². The largest absolute Gasteiger partial charge is 0.493 e. The lowest BCUT2D eigenvalue weighted by Crippen LogP contribution is -2.17. The maximum Gasteiger partial charge on any atom is 0.345 e. The molecule has 0 saturated heterocycles. The van der Waals surface area contributed by atoms with E-state index in [1.165, 1.54) is 31.7 Å². The monoisotopic (exact) mass is 457 g/mol. The molecule has 158 valence electrons. The van der Waals surface area contributed by atoms with Crippen molar-refractivity contribution in [2.75, 3.05) is 7.11 Å². The van der Waals surface area contributed by atoms with E-state index in [-0.39, 0.29) is 22.2 Å². The number of aryl methyl sites for hydroxylation is 1. The van der Waals surface area contributed by atoms with Crippen LogP contribution in [0.1, 0.15) is 32.0 Å². The quantitative estimate of drug-likeness (QED) is 0.251. The SMILES string of the molecule is COc1cc(/C=N\NC(=O)c2ccc(C)nc2)ccc1OC(=O)c1ccc(Cl)cc1Cl. The minimum absolute atomic E-state index is 0.173. The lowest BCUT2D eigenvalue weighted by atomic mass is 10.2. The van der Waals surface area contributed by atoms with Crippen molar-refractivity contribution in [3.63, 3.8) is 0 Å². The number of hydrazone groups is 1. The highest BCUT2D eigenvalue weighted by atomic mass is 35.5. The summed E-state index contributed by atoms with van der Waals surface area (Å²) in [5, 5.41) is 4.52. The second-order valence-electron chi connectivity index (χ2n) is 6.31. The molecular formula is C22H17Cl2N3O4. The molecule has 1 N–H and O–H groups in total. The lowest BCUT2D eigenvalue weighted by molar-refractivity contribution is 0.0729. The van der Waals surface area contributed by atoms with Crippen LogP contribution < -0.4 is 14.9 Å². The van der Waals surface area contributed by atoms with Crippen LogP contribution in [0.15, 0.2) is 59.8 Å². The number of methoxy groups -OCH3 is 1. The zero-order valence-electron chi connectivity index (χ0n) is 16.6. The van der Waals surface area contributed by atoms with Crippen molar-refractivity contribution in [2.24, 2.45) is 5.10 Å². The Morgan fingerprint density at radius 1 is 1.06 bits per heavy atom. The molecular weight excluding hydrogens is 441 g/mol. The van der Waals surface area contributed by atoms with Crippen LogP contribution in [0.4, 0.5) is 0 Å². The molecule has 0 bridgehead atoms. The minimum Gasteiger partial charge on any atom is -0.493 e. The molecule has 0 aliphatic rings. The number of aromatic nitrogens is 1. The molecule has 1 aromatic heterocycles. The predicted octanol–water partition coefficient (Wildman–Crippen LogP) is 4.69. The topological polar surface area (TPSA) is 89.9 Å². The van der Waals surface area contributed by atoms with Crippen LogP contribution in [0, 0.1) is 6.92 Å². The zero-order valence-corrected chi connectivity index (χ0v) is 18.1. The van der Waals surface area contributed by atoms with E-state index in [0.717, 1.165) is 5.69 Å². The summed E-state index contributed by atoms with van der Waals surface area (Å²) in [6, 6.07) is 12.7. The Morgan fingerprint density at radius 2 is 1.87 bits per heavy atom. The fraction of sp³-hybridized carbons (Fsp3) is 0.0909. The van der Waals surface area contributed by atoms with E-state index in [4.69, 9.17) is 32.7 Å². The molecule has 0 unspecified atom stereocenters. The second kappa shape index (κ2) is 10.1. The molecule has 2 aromatic carbocycles. The first-order valence-corrected chi connectivity index (χ1v) is 9.74. The summed E-state index contributed by atoms with van der Waals surface area (Å²) in [4.78, 5) is 28.5. The number of carbonyl (C=O) groups excluding carboxylic acids is 2. The summed E-state index contributed by atoms with van der Waals surface area (Å²) in [6.07, 6.45) is 2.91. The van der Waals surface area contributed by atoms with Crippen LogP contribution in [0.25, 0.3) is 0 Å². The van der Waals surface area contributed by atoms with Crippen molar-refractivity contribution in [1.82, 2.24) is 10.4 Å². The van der Waals surface area contributed by atoms with Gasteiger partial charge in [0.2, 0.25) is 0 Å². The van der Waals surface area contributed by atoms with Crippen molar-refractivity contribution >= 4 is 41.3 Å². The average Bonchev–Trinajstić information content (AvgIpc) is 2.75. The molecule has 0 atom stereocenters. The third-order valence-electron chi connectivity index (χ3n) is 4.09. The summed E-state index contributed by atoms with van der Waals surface area (Å²) >= 11 is 11.9. The van der Waals surface area contributed by atoms with E-state index in [1.807, 2.05) is 6.92 Å². The fourth-order valence-electron chi connectivity index (χ4n) is 2.49. The lowest BCUT2D eigenvalue weighted by Gasteiger charge is -2.10. The fourth-order valence-corrected chi connectivity index (χ4v) is 2.98. The first-order valence-electron chi connectivity index (χ1n) is 8.98. The van der Waals surface area contributed by atoms with Gasteiger partial charge in [-0.3, -0.25) is 9.78 Å². The third-order valence-corrected chi connectivity index (χ3v) is 4.64. The van der Waals surface area contributed by atoms with Gasteiger partial charge in [-0.1, -0.05) is 23.2 Å². The Morgan fingerprint density at radius 3 is 2.55 bits per heavy atom. The van der Waals surface area contributed by atoms with Crippen LogP contribution >= 0.6 is 23.2 Å². The number of hydrogen-bond donors (Lipinski definition) is 1. The van der Waals surface area contributed by atoms with Crippen molar-refractivity contribution in [3.05, 3.63) is 87.2 Å². The first kappa shape index (κ1) is 22.3. The Kier molecular flexibility index (Phi) is 7.23. The third kappa shape index (κ3) is 5.81. The van der Waals surface area contributed by atoms with Crippen LogP contribution in [-0.2, 0) is 0 Å². The van der Waals surface area contributed by atoms with Crippen molar-refractivity contribution < 1.29 is 19.1 Å². The predicted molar refractivity (Wildman–Crippen MR) is 118 cm³/mol. The number of carbonyl (C=O) groups is 2. The highest BCUT2D eigenvalue weighted by molar-refractivity contribution is 6.36. The highest BCUT2D eigenvalue weighted by Gasteiger charge is 2.16. The van der Waals surface area contributed by atoms with Gasteiger partial charge >= 0.3 is 5.97 Å². The zero-order chi connectivity index (χ0) is 22.4. The normalized spacial score (nSPS) is 10.7. The number of benzene rings is 2. The van der Waals surface area contributed by atoms with Gasteiger partial charge in [-0.15, -0.1) is 0 Å². The van der Waals surface area contributed by atoms with Gasteiger partial charge in [0, 0.05) is 16.9 Å². The number of esters is 1. The van der Waals surface area contributed by atoms with Crippen LogP contribution in [0.2, 0.25) is 10.0 Å². The molecule has 0 fully saturated rings. The standard InChI is InChI=1S/C22H17Cl2N3O4/c1-13-3-5-15(12-25-13)21(28)27-26-11-14-4-8-19(20(9-14)30-2)31-22(29)17-7-6-16(23)10-18(17)24/h3-12H,1-2H3,(H,27,28)/b26-11-. The Labute approximate surface area is 188 Å². The molecule has 0 saturated carbocycles. The Hall–Kier alpha value is -3.42. The molecule has 0 spiro atoms. The summed E-state index contributed by atoms with van der Waals surface area (Å²) in [6.45, 7) is 1.83. The molecule has 7 nitrogen and oxygen atoms in total. The van der Waals surface area contributed by atoms with Gasteiger partial charge in [0.1, 0.15) is 0 Å². The highest BCUT2D eigenvalue weighted by Crippen LogP contribution is 2.29. The molecule has 0 aliphatic carbocycles. The van der Waals surface area contributed by atoms with E-state index in [2.05, 4.69) is 15.5 Å². The van der Waals surface area contributed by atoms with Crippen molar-refractivity contribution in [1.29, 1.82) is 0 Å². The first-order chi connectivity index (χ1) is 14.9. The van der Waals surface area contributed by atoms with Crippen LogP contribution in [-0.4, -0.2) is 30.2 Å². The van der Waals surface area contributed by atoms with E-state index in [0.29, 0.717) is 21.9 Å². The summed E-state index contributed by atoms with van der Waals surface area (Å²) < 4.78 is 10.7. The number of amides is 1. The summed E-state index contributed by atoms with van der Waals surface area (Å²) in [7, 11) is 1.44. The van der Waals surface area contributed by atoms with Crippen LogP contribution in [0.5, 0.6) is 11.5 Å². The molecule has 0 radical (unpaired) electrons. The number of ether oxygens (including phenoxy) is 2. The number of pyridine rings is 1. The summed E-state index contributed by atoms with van der Waals surface area (Å²) in [5.74, 6) is -0.539. The molecule has 3 rings (SSSR count). The van der Waals surface area contributed by atoms with E-state index < -0.39 is 5.97 Å². The molecule has 1 amide bonds. The number of halogens is 2. The number of rotatable bonds is 6. The van der Waals surface area contributed by atoms with Gasteiger partial charge in [-0.2, -0.15) is 5.10 Å². The maximum absolute atomic E-state index is 12.4. The average molecular weight is 458 g/mol. The number of hydrogen-bond acceptors (Lipinski definition) is 6. The smallest absolute Gasteiger partial charge is 0.345 e. The van der Waals surface area contributed by atoms with Gasteiger partial charge in [-0.05, 0) is 61.0 Å². The van der Waals surface area contributed by atoms with Gasteiger partial charge in [-0.25, -0.2) is 10.2 Å². The van der Waals surface area contributed by atoms with Crippen molar-refractivity contribution in [2.45, 2.75) is 6.92 Å². The summed E-state index contributed by atoms with van der Waals surface area (Å²) in [5.41, 5.74) is 4.41. The maximum atomic E-state index is 12.4. The van der Waals surface area contributed by atoms with Gasteiger partial charge in [0.25, 0.3) is 5.91 Å².